The van der Waals surface area contributed by atoms with Crippen molar-refractivity contribution in [2.45, 2.75) is 19.8 Å². The average Bonchev–Trinajstić information content (AvgIpc) is 3.37. The Labute approximate surface area is 162 Å². The van der Waals surface area contributed by atoms with Gasteiger partial charge in [0, 0.05) is 5.69 Å². The van der Waals surface area contributed by atoms with Crippen molar-refractivity contribution in [3.63, 3.8) is 0 Å². The number of anilines is 1. The first-order valence-corrected chi connectivity index (χ1v) is 9.56. The minimum atomic E-state index is -0.765. The Morgan fingerprint density at radius 2 is 1.68 bits per heavy atom. The largest absolute Gasteiger partial charge is 0.454 e. The minimum absolute atomic E-state index is 0.0948. The van der Waals surface area contributed by atoms with Crippen molar-refractivity contribution in [3.8, 4) is 0 Å². The monoisotopic (exact) mass is 382 g/mol. The van der Waals surface area contributed by atoms with Gasteiger partial charge in [0.2, 0.25) is 11.8 Å². The molecule has 4 rings (SSSR count). The highest BCUT2D eigenvalue weighted by atomic mass is 16.5. The fraction of sp³-hybridized carbons (Fsp3) is 0.429. The van der Waals surface area contributed by atoms with Gasteiger partial charge in [0.05, 0.1) is 11.8 Å². The maximum Gasteiger partial charge on any atom is 0.326 e. The van der Waals surface area contributed by atoms with E-state index >= 15 is 0 Å². The zero-order chi connectivity index (χ0) is 19.8. The molecule has 0 aromatic heterocycles. The smallest absolute Gasteiger partial charge is 0.326 e. The van der Waals surface area contributed by atoms with Crippen LogP contribution in [0, 0.1) is 23.7 Å². The van der Waals surface area contributed by atoms with E-state index in [1.165, 1.54) is 0 Å². The van der Waals surface area contributed by atoms with E-state index in [4.69, 9.17) is 4.74 Å². The number of fused-ring (bicyclic) bond motifs is 5. The van der Waals surface area contributed by atoms with Crippen molar-refractivity contribution >= 4 is 29.4 Å². The molecule has 1 saturated heterocycles. The van der Waals surface area contributed by atoms with Gasteiger partial charge in [-0.3, -0.25) is 24.1 Å². The van der Waals surface area contributed by atoms with Gasteiger partial charge >= 0.3 is 5.97 Å². The van der Waals surface area contributed by atoms with Crippen LogP contribution in [0.4, 0.5) is 5.69 Å². The Balaban J connectivity index is 1.27. The number of carbonyl (C=O) groups is 4. The molecule has 1 heterocycles. The van der Waals surface area contributed by atoms with Crippen LogP contribution in [0.3, 0.4) is 0 Å². The molecule has 0 spiro atoms. The first-order chi connectivity index (χ1) is 13.5. The number of carbonyl (C=O) groups excluding carboxylic acids is 4. The number of benzene rings is 1. The molecule has 3 aliphatic rings. The van der Waals surface area contributed by atoms with Crippen molar-refractivity contribution in [1.82, 2.24) is 4.90 Å². The van der Waals surface area contributed by atoms with Crippen LogP contribution >= 0.6 is 0 Å². The lowest BCUT2D eigenvalue weighted by atomic mass is 9.85. The van der Waals surface area contributed by atoms with Crippen molar-refractivity contribution < 1.29 is 23.9 Å². The number of ether oxygens (including phenoxy) is 1. The molecule has 1 aromatic rings. The van der Waals surface area contributed by atoms with Gasteiger partial charge < -0.3 is 10.1 Å². The highest BCUT2D eigenvalue weighted by Gasteiger charge is 2.59. The van der Waals surface area contributed by atoms with Crippen LogP contribution in [0.1, 0.15) is 18.9 Å². The predicted octanol–water partition coefficient (Wildman–Crippen LogP) is 1.54. The molecule has 2 fully saturated rings. The predicted molar refractivity (Wildman–Crippen MR) is 99.8 cm³/mol. The Hall–Kier alpha value is -2.96. The van der Waals surface area contributed by atoms with Gasteiger partial charge in [-0.15, -0.1) is 0 Å². The number of amides is 3. The van der Waals surface area contributed by atoms with Crippen LogP contribution in [0.25, 0.3) is 0 Å². The first-order valence-electron chi connectivity index (χ1n) is 9.56. The Bertz CT molecular complexity index is 830. The molecule has 146 valence electrons. The molecule has 4 atom stereocenters. The third kappa shape index (κ3) is 3.21. The average molecular weight is 382 g/mol. The molecule has 2 bridgehead atoms. The number of hydrogen-bond acceptors (Lipinski definition) is 5. The fourth-order valence-electron chi connectivity index (χ4n) is 4.46. The van der Waals surface area contributed by atoms with Crippen LogP contribution in [0.15, 0.2) is 36.4 Å². The second-order valence-corrected chi connectivity index (χ2v) is 7.52. The van der Waals surface area contributed by atoms with E-state index in [0.717, 1.165) is 23.3 Å². The van der Waals surface area contributed by atoms with E-state index in [0.29, 0.717) is 5.69 Å². The van der Waals surface area contributed by atoms with Crippen molar-refractivity contribution in [2.24, 2.45) is 23.7 Å². The lowest BCUT2D eigenvalue weighted by Gasteiger charge is -2.16. The number of rotatable bonds is 6. The van der Waals surface area contributed by atoms with Crippen molar-refractivity contribution in [3.05, 3.63) is 42.0 Å². The molecular weight excluding hydrogens is 360 g/mol. The SMILES string of the molecule is CCc1ccc(NC(=O)COC(=O)CN2C(=O)[C@@H]3[C@H](C2=O)[C@H]2C=C[C@H]3C2)cc1. The number of imide groups is 1. The summed E-state index contributed by atoms with van der Waals surface area (Å²) in [6.07, 6.45) is 5.73. The summed E-state index contributed by atoms with van der Waals surface area (Å²) in [6.45, 7) is 1.13. The first kappa shape index (κ1) is 18.4. The zero-order valence-electron chi connectivity index (χ0n) is 15.6. The second kappa shape index (κ2) is 7.22. The number of nitrogens with one attached hydrogen (secondary N) is 1. The van der Waals surface area contributed by atoms with E-state index in [2.05, 4.69) is 5.32 Å². The maximum absolute atomic E-state index is 12.5. The number of allylic oxidation sites excluding steroid dienone is 2. The molecule has 1 aliphatic heterocycles. The highest BCUT2D eigenvalue weighted by molar-refractivity contribution is 6.08. The van der Waals surface area contributed by atoms with Crippen LogP contribution in [0.5, 0.6) is 0 Å². The zero-order valence-corrected chi connectivity index (χ0v) is 15.6. The van der Waals surface area contributed by atoms with Crippen LogP contribution in [0.2, 0.25) is 0 Å². The standard InChI is InChI=1S/C21H22N2O5/c1-2-12-3-7-15(8-4-12)22-16(24)11-28-17(25)10-23-20(26)18-13-5-6-14(9-13)19(18)21(23)27/h3-8,13-14,18-19H,2,9-11H2,1H3,(H,22,24)/t13-,14-,18-,19+/m0/s1. The van der Waals surface area contributed by atoms with E-state index in [9.17, 15) is 19.2 Å². The summed E-state index contributed by atoms with van der Waals surface area (Å²) in [5.74, 6) is -2.34. The molecule has 1 N–H and O–H groups in total. The third-order valence-corrected chi connectivity index (χ3v) is 5.86. The number of nitrogens with zero attached hydrogens (tertiary/aromatic N) is 1. The summed E-state index contributed by atoms with van der Waals surface area (Å²) in [5.41, 5.74) is 1.76. The Morgan fingerprint density at radius 3 is 2.25 bits per heavy atom. The quantitative estimate of drug-likeness (QED) is 0.458. The topological polar surface area (TPSA) is 92.8 Å². The van der Waals surface area contributed by atoms with Crippen molar-refractivity contribution in [1.29, 1.82) is 0 Å². The highest BCUT2D eigenvalue weighted by Crippen LogP contribution is 2.52. The van der Waals surface area contributed by atoms with Gasteiger partial charge in [-0.2, -0.15) is 0 Å². The number of likely N-dealkylation sites (tertiary alicyclic amines) is 1. The molecule has 3 amide bonds. The molecule has 0 unspecified atom stereocenters. The summed E-state index contributed by atoms with van der Waals surface area (Å²) >= 11 is 0. The molecule has 7 heteroatoms. The summed E-state index contributed by atoms with van der Waals surface area (Å²) in [7, 11) is 0. The molecule has 0 radical (unpaired) electrons. The van der Waals surface area contributed by atoms with Crippen molar-refractivity contribution in [2.75, 3.05) is 18.5 Å². The third-order valence-electron chi connectivity index (χ3n) is 5.86. The molecular formula is C21H22N2O5. The van der Waals surface area contributed by atoms with E-state index in [-0.39, 0.29) is 35.5 Å². The molecule has 2 aliphatic carbocycles. The summed E-state index contributed by atoms with van der Waals surface area (Å²) in [5, 5.41) is 2.64. The number of aryl methyl sites for hydroxylation is 1. The van der Waals surface area contributed by atoms with Gasteiger partial charge in [-0.1, -0.05) is 31.2 Å². The molecule has 1 saturated carbocycles. The van der Waals surface area contributed by atoms with Gasteiger partial charge in [-0.25, -0.2) is 0 Å². The van der Waals surface area contributed by atoms with Crippen LogP contribution in [-0.2, 0) is 30.3 Å². The van der Waals surface area contributed by atoms with Gasteiger partial charge in [-0.05, 0) is 42.4 Å². The van der Waals surface area contributed by atoms with Crippen LogP contribution in [-0.4, -0.2) is 41.7 Å². The Kier molecular flexibility index (Phi) is 4.75. The minimum Gasteiger partial charge on any atom is -0.454 e. The molecule has 28 heavy (non-hydrogen) atoms. The molecule has 7 nitrogen and oxygen atoms in total. The van der Waals surface area contributed by atoms with Gasteiger partial charge in [0.1, 0.15) is 6.54 Å². The maximum atomic E-state index is 12.5. The Morgan fingerprint density at radius 1 is 1.07 bits per heavy atom. The van der Waals surface area contributed by atoms with E-state index < -0.39 is 25.0 Å². The summed E-state index contributed by atoms with van der Waals surface area (Å²) in [6, 6.07) is 7.37. The lowest BCUT2D eigenvalue weighted by Crippen LogP contribution is -2.38. The fourth-order valence-corrected chi connectivity index (χ4v) is 4.46. The van der Waals surface area contributed by atoms with E-state index in [1.807, 2.05) is 31.2 Å². The lowest BCUT2D eigenvalue weighted by molar-refractivity contribution is -0.154. The number of esters is 1. The van der Waals surface area contributed by atoms with Crippen LogP contribution < -0.4 is 5.32 Å². The van der Waals surface area contributed by atoms with E-state index in [1.54, 1.807) is 12.1 Å². The normalized spacial score (nSPS) is 27.2. The number of hydrogen-bond donors (Lipinski definition) is 1. The summed E-state index contributed by atoms with van der Waals surface area (Å²) in [4.78, 5) is 50.1. The molecule has 1 aromatic carbocycles. The second-order valence-electron chi connectivity index (χ2n) is 7.52. The van der Waals surface area contributed by atoms with Gasteiger partial charge in [0.15, 0.2) is 6.61 Å². The summed E-state index contributed by atoms with van der Waals surface area (Å²) < 4.78 is 4.96. The van der Waals surface area contributed by atoms with Gasteiger partial charge in [0.25, 0.3) is 5.91 Å².